The van der Waals surface area contributed by atoms with E-state index in [1.807, 2.05) is 6.07 Å². The number of hydrogen-bond donors (Lipinski definition) is 9. The lowest BCUT2D eigenvalue weighted by Gasteiger charge is -2.28. The van der Waals surface area contributed by atoms with Crippen LogP contribution >= 0.6 is 0 Å². The number of H-pyrrole nitrogens is 2. The number of benzene rings is 1. The Morgan fingerprint density at radius 3 is 1.77 bits per heavy atom. The van der Waals surface area contributed by atoms with Gasteiger partial charge in [-0.15, -0.1) is 0 Å². The molecule has 1 aromatic carbocycles. The first kappa shape index (κ1) is 37.4. The summed E-state index contributed by atoms with van der Waals surface area (Å²) in [5.41, 5.74) is 19.1. The molecule has 0 saturated carbocycles. The first-order valence-electron chi connectivity index (χ1n) is 15.9. The van der Waals surface area contributed by atoms with Crippen LogP contribution in [0.2, 0.25) is 0 Å². The molecule has 3 aromatic rings. The third-order valence-corrected chi connectivity index (χ3v) is 7.72. The van der Waals surface area contributed by atoms with E-state index in [1.165, 1.54) is 25.0 Å². The molecule has 0 spiro atoms. The van der Waals surface area contributed by atoms with Crippen LogP contribution in [0, 0.1) is 5.92 Å². The number of carbonyl (C=O) groups is 5. The predicted molar refractivity (Wildman–Crippen MR) is 177 cm³/mol. The topological polar surface area (TPSA) is 269 Å². The zero-order valence-electron chi connectivity index (χ0n) is 27.3. The number of primary amides is 1. The maximum absolute atomic E-state index is 13.7. The Kier molecular flexibility index (Phi) is 14.7. The third kappa shape index (κ3) is 11.9. The minimum atomic E-state index is -1.17. The van der Waals surface area contributed by atoms with Gasteiger partial charge in [-0.1, -0.05) is 50.6 Å². The Hall–Kier alpha value is -5.09. The summed E-state index contributed by atoms with van der Waals surface area (Å²) >= 11 is 0. The molecule has 2 aromatic heterocycles. The number of hydrogen-bond acceptors (Lipinski definition) is 9. The molecule has 16 nitrogen and oxygen atoms in total. The number of aromatic nitrogens is 4. The average Bonchev–Trinajstić information content (AvgIpc) is 3.77. The van der Waals surface area contributed by atoms with Crippen LogP contribution in [0.5, 0.6) is 0 Å². The Morgan fingerprint density at radius 1 is 0.729 bits per heavy atom. The van der Waals surface area contributed by atoms with Gasteiger partial charge >= 0.3 is 0 Å². The van der Waals surface area contributed by atoms with E-state index in [4.69, 9.17) is 17.2 Å². The first-order chi connectivity index (χ1) is 23.0. The van der Waals surface area contributed by atoms with E-state index in [0.29, 0.717) is 37.2 Å². The second-order valence-electron chi connectivity index (χ2n) is 12.0. The molecule has 0 saturated heterocycles. The number of nitrogens with two attached hydrogens (primary N) is 3. The highest BCUT2D eigenvalue weighted by atomic mass is 16.2. The number of unbranched alkanes of at least 4 members (excludes halogenated alkanes) is 1. The Morgan fingerprint density at radius 2 is 1.27 bits per heavy atom. The summed E-state index contributed by atoms with van der Waals surface area (Å²) in [4.78, 5) is 79.9. The molecule has 0 bridgehead atoms. The highest BCUT2D eigenvalue weighted by molar-refractivity contribution is 5.96. The molecule has 2 heterocycles. The van der Waals surface area contributed by atoms with Crippen LogP contribution < -0.4 is 38.5 Å². The highest BCUT2D eigenvalue weighted by Crippen LogP contribution is 2.09. The molecular formula is C32H47N11O5. The number of imidazole rings is 2. The van der Waals surface area contributed by atoms with Crippen molar-refractivity contribution in [3.63, 3.8) is 0 Å². The van der Waals surface area contributed by atoms with Gasteiger partial charge < -0.3 is 48.4 Å². The first-order valence-corrected chi connectivity index (χ1v) is 15.9. The standard InChI is InChI=1S/C32H47N11O5/c1-19(2)27(43-31(47)26(14-22-16-37-18-39-22)41-29(45)23(34)10-6-7-11-33)32(48)42-25(13-21-15-36-17-38-21)30(46)40-24(28(35)44)12-20-8-4-3-5-9-20/h3-5,8-9,15-19,23-27H,6-7,10-14,33-34H2,1-2H3,(H2,35,44)(H,36,38)(H,37,39)(H,40,46)(H,41,45)(H,42,48)(H,43,47)/t23-,24-,25-,26-,27-/m0/s1. The van der Waals surface area contributed by atoms with Gasteiger partial charge in [0.1, 0.15) is 24.2 Å². The minimum Gasteiger partial charge on any atom is -0.368 e. The summed E-state index contributed by atoms with van der Waals surface area (Å²) in [6, 6.07) is 3.78. The summed E-state index contributed by atoms with van der Waals surface area (Å²) in [5.74, 6) is -3.62. The monoisotopic (exact) mass is 665 g/mol. The summed E-state index contributed by atoms with van der Waals surface area (Å²) in [6.45, 7) is 3.93. The van der Waals surface area contributed by atoms with Crippen molar-refractivity contribution < 1.29 is 24.0 Å². The van der Waals surface area contributed by atoms with Crippen LogP contribution in [0.3, 0.4) is 0 Å². The van der Waals surface area contributed by atoms with Crippen LogP contribution in [-0.2, 0) is 43.2 Å². The molecule has 0 aliphatic rings. The zero-order chi connectivity index (χ0) is 35.1. The lowest BCUT2D eigenvalue weighted by molar-refractivity contribution is -0.135. The van der Waals surface area contributed by atoms with Crippen LogP contribution in [0.25, 0.3) is 0 Å². The van der Waals surface area contributed by atoms with Gasteiger partial charge in [0, 0.05) is 43.0 Å². The van der Waals surface area contributed by atoms with Crippen molar-refractivity contribution in [2.45, 2.75) is 82.6 Å². The van der Waals surface area contributed by atoms with Crippen molar-refractivity contribution in [3.8, 4) is 0 Å². The number of amides is 5. The molecule has 5 atom stereocenters. The van der Waals surface area contributed by atoms with E-state index in [1.54, 1.807) is 38.1 Å². The normalized spacial score (nSPS) is 14.3. The highest BCUT2D eigenvalue weighted by Gasteiger charge is 2.33. The smallest absolute Gasteiger partial charge is 0.243 e. The molecule has 3 rings (SSSR count). The van der Waals surface area contributed by atoms with E-state index in [0.717, 1.165) is 5.56 Å². The fraction of sp³-hybridized carbons (Fsp3) is 0.469. The van der Waals surface area contributed by atoms with Gasteiger partial charge in [-0.3, -0.25) is 24.0 Å². The van der Waals surface area contributed by atoms with E-state index in [-0.39, 0.29) is 19.3 Å². The number of nitrogens with zero attached hydrogens (tertiary/aromatic N) is 2. The lowest BCUT2D eigenvalue weighted by Crippen LogP contribution is -2.60. The fourth-order valence-electron chi connectivity index (χ4n) is 4.96. The fourth-order valence-corrected chi connectivity index (χ4v) is 4.96. The van der Waals surface area contributed by atoms with Gasteiger partial charge in [0.15, 0.2) is 0 Å². The van der Waals surface area contributed by atoms with Gasteiger partial charge in [-0.05, 0) is 30.9 Å². The largest absolute Gasteiger partial charge is 0.368 e. The maximum Gasteiger partial charge on any atom is 0.243 e. The van der Waals surface area contributed by atoms with Gasteiger partial charge in [0.2, 0.25) is 29.5 Å². The van der Waals surface area contributed by atoms with Gasteiger partial charge in [-0.2, -0.15) is 0 Å². The molecule has 48 heavy (non-hydrogen) atoms. The molecule has 0 radical (unpaired) electrons. The second kappa shape index (κ2) is 18.9. The van der Waals surface area contributed by atoms with Crippen molar-refractivity contribution in [2.75, 3.05) is 6.54 Å². The van der Waals surface area contributed by atoms with Crippen LogP contribution in [-0.4, -0.2) is 86.2 Å². The van der Waals surface area contributed by atoms with E-state index >= 15 is 0 Å². The molecule has 260 valence electrons. The molecule has 5 amide bonds. The van der Waals surface area contributed by atoms with E-state index < -0.39 is 65.7 Å². The zero-order valence-corrected chi connectivity index (χ0v) is 27.3. The van der Waals surface area contributed by atoms with E-state index in [9.17, 15) is 24.0 Å². The second-order valence-corrected chi connectivity index (χ2v) is 12.0. The number of aromatic amines is 2. The van der Waals surface area contributed by atoms with Gasteiger partial charge in [0.05, 0.1) is 18.7 Å². The van der Waals surface area contributed by atoms with Crippen LogP contribution in [0.15, 0.2) is 55.4 Å². The molecule has 0 aliphatic carbocycles. The molecule has 0 unspecified atom stereocenters. The van der Waals surface area contributed by atoms with Crippen molar-refractivity contribution in [1.29, 1.82) is 0 Å². The van der Waals surface area contributed by atoms with Crippen molar-refractivity contribution in [2.24, 2.45) is 23.1 Å². The molecule has 16 heteroatoms. The third-order valence-electron chi connectivity index (χ3n) is 7.72. The number of nitrogens with one attached hydrogen (secondary N) is 6. The number of carbonyl (C=O) groups excluding carboxylic acids is 5. The summed E-state index contributed by atoms with van der Waals surface area (Å²) in [7, 11) is 0. The average molecular weight is 666 g/mol. The summed E-state index contributed by atoms with van der Waals surface area (Å²) in [6.07, 6.45) is 7.87. The van der Waals surface area contributed by atoms with Crippen LogP contribution in [0.1, 0.15) is 50.1 Å². The lowest BCUT2D eigenvalue weighted by atomic mass is 10.0. The van der Waals surface area contributed by atoms with Crippen LogP contribution in [0.4, 0.5) is 0 Å². The van der Waals surface area contributed by atoms with Crippen molar-refractivity contribution in [1.82, 2.24) is 41.2 Å². The quantitative estimate of drug-likeness (QED) is 0.0648. The van der Waals surface area contributed by atoms with Gasteiger partial charge in [-0.25, -0.2) is 9.97 Å². The Balaban J connectivity index is 1.76. The van der Waals surface area contributed by atoms with Crippen molar-refractivity contribution >= 4 is 29.5 Å². The van der Waals surface area contributed by atoms with E-state index in [2.05, 4.69) is 41.2 Å². The summed E-state index contributed by atoms with van der Waals surface area (Å²) < 4.78 is 0. The molecule has 0 fully saturated rings. The predicted octanol–water partition coefficient (Wildman–Crippen LogP) is -1.30. The summed E-state index contributed by atoms with van der Waals surface area (Å²) in [5, 5.41) is 10.8. The van der Waals surface area contributed by atoms with Gasteiger partial charge in [0.25, 0.3) is 0 Å². The Bertz CT molecular complexity index is 1450. The Labute approximate surface area is 279 Å². The molecule has 0 aliphatic heterocycles. The molecular weight excluding hydrogens is 618 g/mol. The number of rotatable bonds is 20. The SMILES string of the molecule is CC(C)[C@H](NC(=O)[C@H](Cc1cnc[nH]1)NC(=O)[C@@H](N)CCCCN)C(=O)N[C@@H](Cc1cnc[nH]1)C(=O)N[C@@H](Cc1ccccc1)C(N)=O. The minimum absolute atomic E-state index is 0.00764. The molecule has 12 N–H and O–H groups in total. The maximum atomic E-state index is 13.7. The van der Waals surface area contributed by atoms with Crippen molar-refractivity contribution in [3.05, 3.63) is 72.3 Å².